The predicted molar refractivity (Wildman–Crippen MR) is 121 cm³/mol. The van der Waals surface area contributed by atoms with Gasteiger partial charge in [0.15, 0.2) is 5.72 Å². The van der Waals surface area contributed by atoms with Crippen molar-refractivity contribution in [2.75, 3.05) is 19.6 Å². The Morgan fingerprint density at radius 1 is 1.26 bits per heavy atom. The summed E-state index contributed by atoms with van der Waals surface area (Å²) in [6.07, 6.45) is -0.691. The summed E-state index contributed by atoms with van der Waals surface area (Å²) in [4.78, 5) is 50.9. The minimum atomic E-state index is -1.41. The van der Waals surface area contributed by atoms with Gasteiger partial charge in [0.05, 0.1) is 18.0 Å². The fraction of sp³-hybridized carbons (Fsp3) is 0.591. The molecule has 2 heterocycles. The van der Waals surface area contributed by atoms with Gasteiger partial charge in [0.2, 0.25) is 16.4 Å². The summed E-state index contributed by atoms with van der Waals surface area (Å²) in [5, 5.41) is 13.3. The molecule has 1 aromatic carbocycles. The van der Waals surface area contributed by atoms with E-state index in [1.807, 2.05) is 13.8 Å². The number of imide groups is 1. The van der Waals surface area contributed by atoms with Crippen LogP contribution in [0.1, 0.15) is 40.2 Å². The number of nitrogens with one attached hydrogen (secondary N) is 1. The lowest BCUT2D eigenvalue weighted by Gasteiger charge is -2.48. The van der Waals surface area contributed by atoms with Crippen LogP contribution in [0, 0.1) is 26.9 Å². The summed E-state index contributed by atoms with van der Waals surface area (Å²) in [6, 6.07) is 5.14. The number of hydrogen-bond acceptors (Lipinski definition) is 7. The number of rotatable bonds is 6. The van der Waals surface area contributed by atoms with Crippen molar-refractivity contribution in [2.45, 2.75) is 47.0 Å². The van der Waals surface area contributed by atoms with E-state index in [1.165, 1.54) is 29.2 Å². The Labute approximate surface area is 201 Å². The molecule has 0 saturated carbocycles. The van der Waals surface area contributed by atoms with Gasteiger partial charge in [-0.15, -0.1) is 0 Å². The fourth-order valence-corrected chi connectivity index (χ4v) is 5.47. The van der Waals surface area contributed by atoms with E-state index in [0.29, 0.717) is 5.56 Å². The fourth-order valence-electron chi connectivity index (χ4n) is 5.03. The van der Waals surface area contributed by atoms with Crippen molar-refractivity contribution in [1.82, 2.24) is 15.1 Å². The van der Waals surface area contributed by atoms with Gasteiger partial charge in [-0.2, -0.15) is 0 Å². The van der Waals surface area contributed by atoms with Crippen LogP contribution in [0.2, 0.25) is 0 Å². The van der Waals surface area contributed by atoms with E-state index in [0.717, 1.165) is 4.90 Å². The Kier molecular flexibility index (Phi) is 6.77. The molecule has 2 aliphatic rings. The van der Waals surface area contributed by atoms with Crippen molar-refractivity contribution >= 4 is 34.2 Å². The van der Waals surface area contributed by atoms with Gasteiger partial charge in [-0.1, -0.05) is 34.6 Å². The minimum Gasteiger partial charge on any atom is -0.444 e. The van der Waals surface area contributed by atoms with Gasteiger partial charge < -0.3 is 14.5 Å². The highest BCUT2D eigenvalue weighted by atomic mass is 28.2. The number of benzene rings is 1. The van der Waals surface area contributed by atoms with Crippen molar-refractivity contribution in [3.63, 3.8) is 0 Å². The van der Waals surface area contributed by atoms with Crippen molar-refractivity contribution in [3.05, 3.63) is 39.9 Å². The van der Waals surface area contributed by atoms with Crippen molar-refractivity contribution in [1.29, 1.82) is 0 Å². The van der Waals surface area contributed by atoms with Crippen LogP contribution in [-0.2, 0) is 20.6 Å². The highest BCUT2D eigenvalue weighted by Crippen LogP contribution is 2.55. The highest BCUT2D eigenvalue weighted by Gasteiger charge is 2.65. The topological polar surface area (TPSA) is 131 Å². The molecule has 2 atom stereocenters. The summed E-state index contributed by atoms with van der Waals surface area (Å²) in [6.45, 7) is 9.87. The standard InChI is InChI=1S/C22H29N4O7Si/c1-20(2,3)16-11-25(19(29)32-12-14-6-8-15(9-7-14)26(30)31)22(33-34,21(16,4)5)13-24-17(27)10-23-18(24)28/h6-9,16H,10-13H2,1-5H3,(H,23,28). The van der Waals surface area contributed by atoms with Gasteiger partial charge in [-0.3, -0.25) is 24.7 Å². The molecule has 3 rings (SSSR count). The molecule has 2 aliphatic heterocycles. The molecule has 1 aromatic rings. The largest absolute Gasteiger partial charge is 0.444 e. The van der Waals surface area contributed by atoms with E-state index in [-0.39, 0.29) is 43.3 Å². The lowest BCUT2D eigenvalue weighted by Crippen LogP contribution is -2.63. The lowest BCUT2D eigenvalue weighted by molar-refractivity contribution is -0.384. The Hall–Kier alpha value is -2.99. The zero-order valence-corrected chi connectivity index (χ0v) is 20.9. The number of nitro benzene ring substituents is 1. The van der Waals surface area contributed by atoms with E-state index >= 15 is 0 Å². The molecule has 4 amide bonds. The molecular formula is C22H29N4O7Si. The summed E-state index contributed by atoms with van der Waals surface area (Å²) in [7, 11) is 3.15. The molecular weight excluding hydrogens is 460 g/mol. The molecule has 0 spiro atoms. The van der Waals surface area contributed by atoms with Gasteiger partial charge in [0, 0.05) is 24.1 Å². The Bertz CT molecular complexity index is 976. The van der Waals surface area contributed by atoms with Gasteiger partial charge >= 0.3 is 12.1 Å². The number of hydrogen-bond donors (Lipinski definition) is 1. The van der Waals surface area contributed by atoms with Crippen LogP contribution < -0.4 is 5.32 Å². The molecule has 2 unspecified atom stereocenters. The molecule has 11 nitrogen and oxygen atoms in total. The first-order chi connectivity index (χ1) is 15.7. The second kappa shape index (κ2) is 8.99. The number of ether oxygens (including phenoxy) is 1. The first-order valence-electron chi connectivity index (χ1n) is 10.9. The van der Waals surface area contributed by atoms with Crippen LogP contribution in [0.15, 0.2) is 24.3 Å². The molecule has 3 radical (unpaired) electrons. The first-order valence-corrected chi connectivity index (χ1v) is 11.3. The molecule has 2 fully saturated rings. The summed E-state index contributed by atoms with van der Waals surface area (Å²) >= 11 is 0. The van der Waals surface area contributed by atoms with Crippen LogP contribution in [0.4, 0.5) is 15.3 Å². The molecule has 34 heavy (non-hydrogen) atoms. The number of non-ortho nitro benzene ring substituents is 1. The van der Waals surface area contributed by atoms with Gasteiger partial charge in [0.1, 0.15) is 6.61 Å². The molecule has 0 aliphatic carbocycles. The average molecular weight is 490 g/mol. The third kappa shape index (κ3) is 4.39. The number of carbonyl (C=O) groups excluding carboxylic acids is 3. The second-order valence-corrected chi connectivity index (χ2v) is 10.5. The van der Waals surface area contributed by atoms with Crippen molar-refractivity contribution in [2.24, 2.45) is 16.7 Å². The van der Waals surface area contributed by atoms with Crippen LogP contribution in [0.3, 0.4) is 0 Å². The quantitative estimate of drug-likeness (QED) is 0.281. The summed E-state index contributed by atoms with van der Waals surface area (Å²) in [5.74, 6) is -0.494. The van der Waals surface area contributed by atoms with E-state index in [2.05, 4.69) is 36.6 Å². The zero-order valence-electron chi connectivity index (χ0n) is 19.9. The zero-order chi connectivity index (χ0) is 25.5. The lowest BCUT2D eigenvalue weighted by atomic mass is 9.64. The minimum absolute atomic E-state index is 0.0654. The van der Waals surface area contributed by atoms with Crippen molar-refractivity contribution in [3.8, 4) is 0 Å². The SMILES string of the molecule is CC(C)(C)C1CN(C(=O)OCc2ccc([N+](=O)[O-])cc2)C(CN2C(=O)CNC2=O)(O[Si])C1(C)C. The molecule has 183 valence electrons. The van der Waals surface area contributed by atoms with E-state index in [9.17, 15) is 24.5 Å². The monoisotopic (exact) mass is 489 g/mol. The molecule has 0 aromatic heterocycles. The van der Waals surface area contributed by atoms with Crippen LogP contribution in [-0.4, -0.2) is 68.6 Å². The highest BCUT2D eigenvalue weighted by molar-refractivity contribution is 6.02. The van der Waals surface area contributed by atoms with Crippen LogP contribution >= 0.6 is 0 Å². The van der Waals surface area contributed by atoms with Gasteiger partial charge in [-0.05, 0) is 29.0 Å². The van der Waals surface area contributed by atoms with Gasteiger partial charge in [0.25, 0.3) is 5.69 Å². The number of likely N-dealkylation sites (tertiary alicyclic amines) is 1. The molecule has 1 N–H and O–H groups in total. The third-order valence-corrected chi connectivity index (χ3v) is 7.27. The second-order valence-electron chi connectivity index (χ2n) is 10.3. The molecule has 0 bridgehead atoms. The maximum absolute atomic E-state index is 13.4. The predicted octanol–water partition coefficient (Wildman–Crippen LogP) is 2.58. The Morgan fingerprint density at radius 3 is 2.35 bits per heavy atom. The number of amides is 4. The number of urea groups is 1. The van der Waals surface area contributed by atoms with Crippen molar-refractivity contribution < 1.29 is 28.5 Å². The van der Waals surface area contributed by atoms with Gasteiger partial charge in [-0.25, -0.2) is 9.59 Å². The first kappa shape index (κ1) is 25.6. The summed E-state index contributed by atoms with van der Waals surface area (Å²) < 4.78 is 11.4. The third-order valence-electron chi connectivity index (χ3n) is 6.93. The van der Waals surface area contributed by atoms with E-state index in [1.54, 1.807) is 0 Å². The Balaban J connectivity index is 1.91. The molecule has 2 saturated heterocycles. The summed E-state index contributed by atoms with van der Waals surface area (Å²) in [5.41, 5.74) is -1.86. The number of carbonyl (C=O) groups is 3. The van der Waals surface area contributed by atoms with E-state index < -0.39 is 34.1 Å². The van der Waals surface area contributed by atoms with Crippen LogP contribution in [0.25, 0.3) is 0 Å². The normalized spacial score (nSPS) is 24.4. The van der Waals surface area contributed by atoms with Crippen LogP contribution in [0.5, 0.6) is 0 Å². The number of nitrogens with zero attached hydrogens (tertiary/aromatic N) is 3. The average Bonchev–Trinajstić information content (AvgIpc) is 3.20. The van der Waals surface area contributed by atoms with E-state index in [4.69, 9.17) is 9.16 Å². The maximum atomic E-state index is 13.4. The Morgan fingerprint density at radius 2 is 1.88 bits per heavy atom. The smallest absolute Gasteiger partial charge is 0.412 e. The number of nitro groups is 1. The maximum Gasteiger partial charge on any atom is 0.412 e. The molecule has 12 heteroatoms.